The summed E-state index contributed by atoms with van der Waals surface area (Å²) in [6.45, 7) is 1.08. The van der Waals surface area contributed by atoms with Crippen LogP contribution in [0.25, 0.3) is 0 Å². The first-order valence-electron chi connectivity index (χ1n) is 5.96. The molecule has 2 aliphatic rings. The largest absolute Gasteiger partial charge is 0.353 e. The van der Waals surface area contributed by atoms with Gasteiger partial charge in [-0.05, 0) is 38.8 Å². The molecule has 0 bridgehead atoms. The molecule has 5 heteroatoms. The maximum Gasteiger partial charge on any atom is 0.251 e. The summed E-state index contributed by atoms with van der Waals surface area (Å²) in [5.41, 5.74) is 0. The Hall–Kier alpha value is -0.710. The van der Waals surface area contributed by atoms with Gasteiger partial charge in [-0.25, -0.2) is 8.78 Å². The summed E-state index contributed by atoms with van der Waals surface area (Å²) >= 11 is 0. The number of rotatable bonds is 4. The Balaban J connectivity index is 1.69. The average molecular weight is 232 g/mol. The minimum absolute atomic E-state index is 0.0366. The lowest BCUT2D eigenvalue weighted by molar-refractivity contribution is -0.126. The number of nitrogens with one attached hydrogen (secondary N) is 1. The van der Waals surface area contributed by atoms with E-state index in [2.05, 4.69) is 5.32 Å². The third-order valence-corrected chi connectivity index (χ3v) is 3.28. The van der Waals surface area contributed by atoms with Gasteiger partial charge in [-0.2, -0.15) is 0 Å². The van der Waals surface area contributed by atoms with Crippen molar-refractivity contribution in [2.45, 2.75) is 38.2 Å². The number of carbonyl (C=O) groups is 1. The molecule has 0 unspecified atom stereocenters. The molecule has 3 nitrogen and oxygen atoms in total. The number of piperidine rings is 1. The molecule has 0 aromatic carbocycles. The SMILES string of the molecule is O=C(NC1CC1)C1CCN(CC(F)F)CC1. The molecule has 0 aromatic rings. The molecular formula is C11H18F2N2O. The van der Waals surface area contributed by atoms with Crippen molar-refractivity contribution >= 4 is 5.91 Å². The molecule has 1 heterocycles. The van der Waals surface area contributed by atoms with Gasteiger partial charge in [0.05, 0.1) is 6.54 Å². The Labute approximate surface area is 94.2 Å². The van der Waals surface area contributed by atoms with Crippen molar-refractivity contribution in [3.63, 3.8) is 0 Å². The highest BCUT2D eigenvalue weighted by Crippen LogP contribution is 2.22. The molecule has 1 N–H and O–H groups in total. The molecule has 1 saturated heterocycles. The molecular weight excluding hydrogens is 214 g/mol. The van der Waals surface area contributed by atoms with Crippen molar-refractivity contribution in [2.75, 3.05) is 19.6 Å². The lowest BCUT2D eigenvalue weighted by Gasteiger charge is -2.30. The fraction of sp³-hybridized carbons (Fsp3) is 0.909. The molecule has 2 fully saturated rings. The first kappa shape index (κ1) is 11.8. The molecule has 1 saturated carbocycles. The van der Waals surface area contributed by atoms with Crippen LogP contribution in [0, 0.1) is 5.92 Å². The van der Waals surface area contributed by atoms with E-state index in [0.717, 1.165) is 12.8 Å². The van der Waals surface area contributed by atoms with E-state index in [9.17, 15) is 13.6 Å². The van der Waals surface area contributed by atoms with Crippen LogP contribution in [0.15, 0.2) is 0 Å². The van der Waals surface area contributed by atoms with Crippen LogP contribution in [-0.2, 0) is 4.79 Å². The maximum atomic E-state index is 12.1. The molecule has 16 heavy (non-hydrogen) atoms. The van der Waals surface area contributed by atoms with Crippen molar-refractivity contribution in [1.82, 2.24) is 10.2 Å². The molecule has 1 aliphatic heterocycles. The smallest absolute Gasteiger partial charge is 0.251 e. The summed E-state index contributed by atoms with van der Waals surface area (Å²) in [7, 11) is 0. The van der Waals surface area contributed by atoms with Crippen molar-refractivity contribution < 1.29 is 13.6 Å². The van der Waals surface area contributed by atoms with E-state index >= 15 is 0 Å². The number of alkyl halides is 2. The van der Waals surface area contributed by atoms with Gasteiger partial charge in [-0.15, -0.1) is 0 Å². The first-order chi connectivity index (χ1) is 7.65. The lowest BCUT2D eigenvalue weighted by atomic mass is 9.96. The number of carbonyl (C=O) groups excluding carboxylic acids is 1. The summed E-state index contributed by atoms with van der Waals surface area (Å²) in [6.07, 6.45) is 1.35. The topological polar surface area (TPSA) is 32.3 Å². The maximum absolute atomic E-state index is 12.1. The molecule has 1 amide bonds. The van der Waals surface area contributed by atoms with Gasteiger partial charge in [0.25, 0.3) is 6.43 Å². The minimum atomic E-state index is -2.27. The summed E-state index contributed by atoms with van der Waals surface area (Å²) < 4.78 is 24.3. The Morgan fingerprint density at radius 1 is 1.25 bits per heavy atom. The second kappa shape index (κ2) is 5.08. The Morgan fingerprint density at radius 2 is 1.88 bits per heavy atom. The van der Waals surface area contributed by atoms with Gasteiger partial charge in [0, 0.05) is 12.0 Å². The summed E-state index contributed by atoms with van der Waals surface area (Å²) in [6, 6.07) is 0.395. The zero-order valence-corrected chi connectivity index (χ0v) is 9.29. The van der Waals surface area contributed by atoms with Gasteiger partial charge in [-0.1, -0.05) is 0 Å². The Morgan fingerprint density at radius 3 is 2.38 bits per heavy atom. The highest BCUT2D eigenvalue weighted by molar-refractivity contribution is 5.79. The average Bonchev–Trinajstić information content (AvgIpc) is 3.01. The number of hydrogen-bond donors (Lipinski definition) is 1. The van der Waals surface area contributed by atoms with Crippen molar-refractivity contribution in [3.05, 3.63) is 0 Å². The van der Waals surface area contributed by atoms with Crippen molar-refractivity contribution in [2.24, 2.45) is 5.92 Å². The second-order valence-electron chi connectivity index (χ2n) is 4.75. The van der Waals surface area contributed by atoms with Gasteiger partial charge in [0.2, 0.25) is 5.91 Å². The summed E-state index contributed by atoms with van der Waals surface area (Å²) in [4.78, 5) is 13.4. The van der Waals surface area contributed by atoms with Crippen LogP contribution in [0.2, 0.25) is 0 Å². The predicted molar refractivity (Wildman–Crippen MR) is 56.3 cm³/mol. The van der Waals surface area contributed by atoms with Gasteiger partial charge < -0.3 is 5.32 Å². The van der Waals surface area contributed by atoms with Crippen LogP contribution >= 0.6 is 0 Å². The molecule has 0 atom stereocenters. The van der Waals surface area contributed by atoms with Crippen LogP contribution in [-0.4, -0.2) is 42.9 Å². The van der Waals surface area contributed by atoms with Crippen molar-refractivity contribution in [1.29, 1.82) is 0 Å². The van der Waals surface area contributed by atoms with Gasteiger partial charge in [-0.3, -0.25) is 9.69 Å². The molecule has 0 spiro atoms. The first-order valence-corrected chi connectivity index (χ1v) is 5.96. The van der Waals surface area contributed by atoms with Gasteiger partial charge in [0.15, 0.2) is 0 Å². The summed E-state index contributed by atoms with van der Waals surface area (Å²) in [5, 5.41) is 2.97. The highest BCUT2D eigenvalue weighted by Gasteiger charge is 2.30. The normalized spacial score (nSPS) is 23.7. The molecule has 0 radical (unpaired) electrons. The number of nitrogens with zero attached hydrogens (tertiary/aromatic N) is 1. The standard InChI is InChI=1S/C11H18F2N2O/c12-10(13)7-15-5-3-8(4-6-15)11(16)14-9-1-2-9/h8-10H,1-7H2,(H,14,16). The Kier molecular flexibility index (Phi) is 3.74. The van der Waals surface area contributed by atoms with E-state index in [1.54, 1.807) is 4.90 Å². The minimum Gasteiger partial charge on any atom is -0.353 e. The number of amides is 1. The van der Waals surface area contributed by atoms with Crippen LogP contribution in [0.3, 0.4) is 0 Å². The van der Waals surface area contributed by atoms with Crippen LogP contribution in [0.4, 0.5) is 8.78 Å². The van der Waals surface area contributed by atoms with Gasteiger partial charge >= 0.3 is 0 Å². The lowest BCUT2D eigenvalue weighted by Crippen LogP contribution is -2.42. The fourth-order valence-corrected chi connectivity index (χ4v) is 2.12. The van der Waals surface area contributed by atoms with E-state index in [-0.39, 0.29) is 18.4 Å². The fourth-order valence-electron chi connectivity index (χ4n) is 2.12. The third-order valence-electron chi connectivity index (χ3n) is 3.28. The van der Waals surface area contributed by atoms with E-state index in [4.69, 9.17) is 0 Å². The molecule has 92 valence electrons. The van der Waals surface area contributed by atoms with E-state index < -0.39 is 6.43 Å². The number of likely N-dealkylation sites (tertiary alicyclic amines) is 1. The molecule has 1 aliphatic carbocycles. The predicted octanol–water partition coefficient (Wildman–Crippen LogP) is 1.24. The van der Waals surface area contributed by atoms with E-state index in [1.807, 2.05) is 0 Å². The van der Waals surface area contributed by atoms with Crippen molar-refractivity contribution in [3.8, 4) is 0 Å². The van der Waals surface area contributed by atoms with Crippen LogP contribution < -0.4 is 5.32 Å². The zero-order chi connectivity index (χ0) is 11.5. The van der Waals surface area contributed by atoms with Crippen LogP contribution in [0.5, 0.6) is 0 Å². The molecule has 2 rings (SSSR count). The summed E-state index contributed by atoms with van der Waals surface area (Å²) in [5.74, 6) is 0.161. The highest BCUT2D eigenvalue weighted by atomic mass is 19.3. The Bertz CT molecular complexity index is 248. The van der Waals surface area contributed by atoms with Gasteiger partial charge in [0.1, 0.15) is 0 Å². The zero-order valence-electron chi connectivity index (χ0n) is 9.29. The number of halogens is 2. The molecule has 0 aromatic heterocycles. The quantitative estimate of drug-likeness (QED) is 0.791. The second-order valence-corrected chi connectivity index (χ2v) is 4.75. The van der Waals surface area contributed by atoms with E-state index in [0.29, 0.717) is 32.0 Å². The van der Waals surface area contributed by atoms with E-state index in [1.165, 1.54) is 0 Å². The third kappa shape index (κ3) is 3.40. The van der Waals surface area contributed by atoms with Crippen LogP contribution in [0.1, 0.15) is 25.7 Å². The monoisotopic (exact) mass is 232 g/mol. The number of hydrogen-bond acceptors (Lipinski definition) is 2.